The molecule has 4 heteroatoms. The fourth-order valence-electron chi connectivity index (χ4n) is 1.41. The largest absolute Gasteiger partial charge is 0.393 e. The second-order valence-electron chi connectivity index (χ2n) is 3.64. The Kier molecular flexibility index (Phi) is 4.92. The van der Waals surface area contributed by atoms with Crippen LogP contribution in [0.25, 0.3) is 0 Å². The minimum Gasteiger partial charge on any atom is -0.393 e. The molecule has 1 aromatic rings. The first-order valence-corrected chi connectivity index (χ1v) is 5.69. The molecule has 0 aliphatic heterocycles. The van der Waals surface area contributed by atoms with Crippen molar-refractivity contribution in [3.05, 3.63) is 29.8 Å². The summed E-state index contributed by atoms with van der Waals surface area (Å²) in [6.07, 6.45) is 2.26. The Bertz CT molecular complexity index is 373. The monoisotopic (exact) mass is 236 g/mol. The Morgan fingerprint density at radius 2 is 2.00 bits per heavy atom. The molecule has 0 saturated carbocycles. The number of aryl methyl sites for hydroxylation is 1. The predicted molar refractivity (Wildman–Crippen MR) is 70.5 cm³/mol. The van der Waals surface area contributed by atoms with Gasteiger partial charge in [-0.05, 0) is 24.1 Å². The van der Waals surface area contributed by atoms with E-state index in [1.807, 2.05) is 24.3 Å². The summed E-state index contributed by atoms with van der Waals surface area (Å²) in [5.41, 5.74) is 7.33. The van der Waals surface area contributed by atoms with Gasteiger partial charge in [-0.15, -0.1) is 0 Å². The average Bonchev–Trinajstić information content (AvgIpc) is 2.20. The summed E-state index contributed by atoms with van der Waals surface area (Å²) < 4.78 is 0. The number of carbonyl (C=O) groups excluding carboxylic acids is 1. The first kappa shape index (κ1) is 12.6. The van der Waals surface area contributed by atoms with Crippen LogP contribution < -0.4 is 11.1 Å². The Morgan fingerprint density at radius 1 is 1.38 bits per heavy atom. The zero-order chi connectivity index (χ0) is 12.0. The molecule has 0 aliphatic rings. The van der Waals surface area contributed by atoms with Gasteiger partial charge in [-0.1, -0.05) is 37.7 Å². The van der Waals surface area contributed by atoms with Crippen LogP contribution in [0, 0.1) is 0 Å². The zero-order valence-corrected chi connectivity index (χ0v) is 10.1. The summed E-state index contributed by atoms with van der Waals surface area (Å²) >= 11 is 4.66. The number of anilines is 1. The van der Waals surface area contributed by atoms with Crippen LogP contribution >= 0.6 is 12.2 Å². The molecule has 0 unspecified atom stereocenters. The van der Waals surface area contributed by atoms with E-state index >= 15 is 0 Å². The first-order chi connectivity index (χ1) is 7.61. The summed E-state index contributed by atoms with van der Waals surface area (Å²) in [4.78, 5) is 11.6. The highest BCUT2D eigenvalue weighted by atomic mass is 32.1. The molecule has 1 amide bonds. The fraction of sp³-hybridized carbons (Fsp3) is 0.333. The normalized spacial score (nSPS) is 9.81. The SMILES string of the molecule is CCCc1ccc(NC(=O)CC(N)=S)cc1. The lowest BCUT2D eigenvalue weighted by Gasteiger charge is -2.05. The minimum atomic E-state index is -0.171. The highest BCUT2D eigenvalue weighted by molar-refractivity contribution is 7.80. The van der Waals surface area contributed by atoms with E-state index in [1.165, 1.54) is 5.56 Å². The second kappa shape index (κ2) is 6.23. The molecule has 0 fully saturated rings. The number of amides is 1. The van der Waals surface area contributed by atoms with Crippen LogP contribution in [0.2, 0.25) is 0 Å². The van der Waals surface area contributed by atoms with Crippen LogP contribution in [0.3, 0.4) is 0 Å². The van der Waals surface area contributed by atoms with Gasteiger partial charge in [0.15, 0.2) is 0 Å². The van der Waals surface area contributed by atoms with E-state index in [2.05, 4.69) is 24.5 Å². The molecular formula is C12H16N2OS. The summed E-state index contributed by atoms with van der Waals surface area (Å²) in [5, 5.41) is 2.74. The topological polar surface area (TPSA) is 55.1 Å². The van der Waals surface area contributed by atoms with Gasteiger partial charge in [0.25, 0.3) is 0 Å². The van der Waals surface area contributed by atoms with Gasteiger partial charge in [-0.25, -0.2) is 0 Å². The van der Waals surface area contributed by atoms with Crippen molar-refractivity contribution in [1.29, 1.82) is 0 Å². The van der Waals surface area contributed by atoms with E-state index in [0.29, 0.717) is 0 Å². The van der Waals surface area contributed by atoms with E-state index in [4.69, 9.17) is 5.73 Å². The number of benzene rings is 1. The third-order valence-electron chi connectivity index (χ3n) is 2.11. The Morgan fingerprint density at radius 3 is 2.50 bits per heavy atom. The number of nitrogens with two attached hydrogens (primary N) is 1. The van der Waals surface area contributed by atoms with E-state index in [1.54, 1.807) is 0 Å². The molecule has 0 saturated heterocycles. The van der Waals surface area contributed by atoms with Gasteiger partial charge in [0, 0.05) is 5.69 Å². The second-order valence-corrected chi connectivity index (χ2v) is 4.16. The van der Waals surface area contributed by atoms with Gasteiger partial charge in [0.1, 0.15) is 0 Å². The maximum Gasteiger partial charge on any atom is 0.231 e. The molecule has 16 heavy (non-hydrogen) atoms. The predicted octanol–water partition coefficient (Wildman–Crippen LogP) is 2.25. The Labute approximate surface area is 101 Å². The molecule has 3 nitrogen and oxygen atoms in total. The Hall–Kier alpha value is -1.42. The molecule has 1 aromatic carbocycles. The number of rotatable bonds is 5. The summed E-state index contributed by atoms with van der Waals surface area (Å²) in [6, 6.07) is 7.81. The van der Waals surface area contributed by atoms with E-state index in [0.717, 1.165) is 18.5 Å². The Balaban J connectivity index is 2.54. The van der Waals surface area contributed by atoms with Crippen molar-refractivity contribution in [2.75, 3.05) is 5.32 Å². The lowest BCUT2D eigenvalue weighted by Crippen LogP contribution is -2.20. The van der Waals surface area contributed by atoms with Crippen molar-refractivity contribution in [2.24, 2.45) is 5.73 Å². The third-order valence-corrected chi connectivity index (χ3v) is 2.26. The molecule has 0 spiro atoms. The fourth-order valence-corrected chi connectivity index (χ4v) is 1.54. The van der Waals surface area contributed by atoms with Crippen molar-refractivity contribution in [2.45, 2.75) is 26.2 Å². The number of hydrogen-bond donors (Lipinski definition) is 2. The van der Waals surface area contributed by atoms with Crippen LogP contribution in [0.1, 0.15) is 25.3 Å². The molecule has 86 valence electrons. The standard InChI is InChI=1S/C12H16N2OS/c1-2-3-9-4-6-10(7-5-9)14-12(15)8-11(13)16/h4-7H,2-3,8H2,1H3,(H2,13,16)(H,14,15). The van der Waals surface area contributed by atoms with Crippen LogP contribution in [-0.4, -0.2) is 10.9 Å². The van der Waals surface area contributed by atoms with Crippen LogP contribution in [0.4, 0.5) is 5.69 Å². The van der Waals surface area contributed by atoms with Crippen molar-refractivity contribution >= 4 is 28.8 Å². The minimum absolute atomic E-state index is 0.0893. The van der Waals surface area contributed by atoms with Gasteiger partial charge in [-0.2, -0.15) is 0 Å². The van der Waals surface area contributed by atoms with E-state index < -0.39 is 0 Å². The van der Waals surface area contributed by atoms with E-state index in [9.17, 15) is 4.79 Å². The molecule has 0 aliphatic carbocycles. The molecule has 3 N–H and O–H groups in total. The number of hydrogen-bond acceptors (Lipinski definition) is 2. The summed E-state index contributed by atoms with van der Waals surface area (Å²) in [7, 11) is 0. The van der Waals surface area contributed by atoms with Gasteiger partial charge in [0.2, 0.25) is 5.91 Å². The van der Waals surface area contributed by atoms with Crippen molar-refractivity contribution in [3.8, 4) is 0 Å². The van der Waals surface area contributed by atoms with Crippen LogP contribution in [0.15, 0.2) is 24.3 Å². The zero-order valence-electron chi connectivity index (χ0n) is 9.32. The molecule has 0 heterocycles. The van der Waals surface area contributed by atoms with Gasteiger partial charge in [-0.3, -0.25) is 4.79 Å². The lowest BCUT2D eigenvalue weighted by atomic mass is 10.1. The van der Waals surface area contributed by atoms with Crippen molar-refractivity contribution in [1.82, 2.24) is 0 Å². The maximum atomic E-state index is 11.4. The highest BCUT2D eigenvalue weighted by Crippen LogP contribution is 2.11. The summed E-state index contributed by atoms with van der Waals surface area (Å²) in [6.45, 7) is 2.14. The smallest absolute Gasteiger partial charge is 0.231 e. The number of thiocarbonyl (C=S) groups is 1. The molecule has 0 atom stereocenters. The average molecular weight is 236 g/mol. The van der Waals surface area contributed by atoms with Gasteiger partial charge >= 0.3 is 0 Å². The van der Waals surface area contributed by atoms with E-state index in [-0.39, 0.29) is 17.3 Å². The molecule has 0 aromatic heterocycles. The number of carbonyl (C=O) groups is 1. The van der Waals surface area contributed by atoms with Crippen molar-refractivity contribution in [3.63, 3.8) is 0 Å². The van der Waals surface area contributed by atoms with Gasteiger partial charge < -0.3 is 11.1 Å². The number of nitrogens with one attached hydrogen (secondary N) is 1. The van der Waals surface area contributed by atoms with Crippen LogP contribution in [0.5, 0.6) is 0 Å². The summed E-state index contributed by atoms with van der Waals surface area (Å²) in [5.74, 6) is -0.171. The third kappa shape index (κ3) is 4.40. The van der Waals surface area contributed by atoms with Gasteiger partial charge in [0.05, 0.1) is 11.4 Å². The molecular weight excluding hydrogens is 220 g/mol. The highest BCUT2D eigenvalue weighted by Gasteiger charge is 2.03. The maximum absolute atomic E-state index is 11.4. The lowest BCUT2D eigenvalue weighted by molar-refractivity contribution is -0.115. The quantitative estimate of drug-likeness (QED) is 0.771. The molecule has 1 rings (SSSR count). The van der Waals surface area contributed by atoms with Crippen molar-refractivity contribution < 1.29 is 4.79 Å². The van der Waals surface area contributed by atoms with Crippen LogP contribution in [-0.2, 0) is 11.2 Å². The molecule has 0 bridgehead atoms. The first-order valence-electron chi connectivity index (χ1n) is 5.29. The molecule has 0 radical (unpaired) electrons.